The molecule has 1 aliphatic heterocycles. The van der Waals surface area contributed by atoms with Crippen LogP contribution in [0.15, 0.2) is 60.3 Å². The molecule has 2 aromatic carbocycles. The van der Waals surface area contributed by atoms with Gasteiger partial charge in [0.25, 0.3) is 5.91 Å². The van der Waals surface area contributed by atoms with E-state index in [4.69, 9.17) is 5.11 Å². The highest BCUT2D eigenvalue weighted by Gasteiger charge is 2.18. The van der Waals surface area contributed by atoms with Crippen LogP contribution in [-0.2, 0) is 4.79 Å². The van der Waals surface area contributed by atoms with Gasteiger partial charge in [0.1, 0.15) is 11.6 Å². The van der Waals surface area contributed by atoms with Gasteiger partial charge in [-0.2, -0.15) is 5.26 Å². The van der Waals surface area contributed by atoms with Crippen molar-refractivity contribution in [3.63, 3.8) is 0 Å². The topological polar surface area (TPSA) is 96.7 Å². The second-order valence-electron chi connectivity index (χ2n) is 6.85. The Morgan fingerprint density at radius 1 is 1.10 bits per heavy atom. The maximum absolute atomic E-state index is 12.4. The Morgan fingerprint density at radius 2 is 1.79 bits per heavy atom. The van der Waals surface area contributed by atoms with Crippen LogP contribution in [0, 0.1) is 18.3 Å². The minimum atomic E-state index is -1.04. The van der Waals surface area contributed by atoms with Crippen LogP contribution in [-0.4, -0.2) is 48.1 Å². The molecule has 1 heterocycles. The lowest BCUT2D eigenvalue weighted by Gasteiger charge is -2.35. The number of carboxylic acid groups (broad SMARTS) is 1. The first-order valence-corrected chi connectivity index (χ1v) is 9.28. The Bertz CT molecular complexity index is 968. The highest BCUT2D eigenvalue weighted by atomic mass is 16.4. The average molecular weight is 390 g/mol. The number of hydrogen-bond donors (Lipinski definition) is 2. The molecule has 2 aromatic rings. The molecule has 0 aliphatic carbocycles. The van der Waals surface area contributed by atoms with Crippen LogP contribution in [0.5, 0.6) is 0 Å². The van der Waals surface area contributed by atoms with Gasteiger partial charge in [-0.3, -0.25) is 4.79 Å². The molecular weight excluding hydrogens is 368 g/mol. The minimum Gasteiger partial charge on any atom is -0.478 e. The van der Waals surface area contributed by atoms with Crippen molar-refractivity contribution in [1.29, 1.82) is 5.26 Å². The first-order chi connectivity index (χ1) is 14.0. The molecule has 148 valence electrons. The van der Waals surface area contributed by atoms with Crippen LogP contribution in [0.1, 0.15) is 15.9 Å². The van der Waals surface area contributed by atoms with E-state index in [0.717, 1.165) is 13.1 Å². The molecule has 1 amide bonds. The van der Waals surface area contributed by atoms with Gasteiger partial charge >= 0.3 is 5.97 Å². The lowest BCUT2D eigenvalue weighted by molar-refractivity contribution is -0.112. The summed E-state index contributed by atoms with van der Waals surface area (Å²) >= 11 is 0. The number of nitrogens with zero attached hydrogens (tertiary/aromatic N) is 3. The highest BCUT2D eigenvalue weighted by molar-refractivity contribution is 6.06. The third-order valence-corrected chi connectivity index (χ3v) is 4.75. The van der Waals surface area contributed by atoms with Crippen LogP contribution in [0.25, 0.3) is 0 Å². The second-order valence-corrected chi connectivity index (χ2v) is 6.85. The fourth-order valence-electron chi connectivity index (χ4n) is 3.15. The molecule has 7 heteroatoms. The number of aryl methyl sites for hydroxylation is 1. The second kappa shape index (κ2) is 8.93. The number of amides is 1. The summed E-state index contributed by atoms with van der Waals surface area (Å²) in [5.74, 6) is -1.55. The number of rotatable bonds is 5. The van der Waals surface area contributed by atoms with E-state index in [0.29, 0.717) is 18.8 Å². The van der Waals surface area contributed by atoms with E-state index in [1.165, 1.54) is 35.5 Å². The lowest BCUT2D eigenvalue weighted by Crippen LogP contribution is -2.44. The normalized spacial score (nSPS) is 14.3. The predicted molar refractivity (Wildman–Crippen MR) is 111 cm³/mol. The maximum Gasteiger partial charge on any atom is 0.335 e. The van der Waals surface area contributed by atoms with E-state index < -0.39 is 11.9 Å². The smallest absolute Gasteiger partial charge is 0.335 e. The van der Waals surface area contributed by atoms with E-state index in [9.17, 15) is 14.9 Å². The maximum atomic E-state index is 12.4. The first-order valence-electron chi connectivity index (χ1n) is 9.28. The molecule has 7 nitrogen and oxygen atoms in total. The molecule has 0 atom stereocenters. The largest absolute Gasteiger partial charge is 0.478 e. The minimum absolute atomic E-state index is 0.0105. The standard InChI is InChI=1S/C22H22N4O3/c1-16-3-2-4-20(13-16)26-11-9-25(10-12-26)15-18(14-23)21(27)24-19-7-5-17(6-8-19)22(28)29/h2-8,13,15H,9-12H2,1H3,(H,24,27)(H,28,29)/b18-15-. The van der Waals surface area contributed by atoms with Crippen molar-refractivity contribution in [1.82, 2.24) is 4.90 Å². The van der Waals surface area contributed by atoms with Gasteiger partial charge in [-0.05, 0) is 48.9 Å². The van der Waals surface area contributed by atoms with Gasteiger partial charge in [0.2, 0.25) is 0 Å². The molecule has 0 unspecified atom stereocenters. The molecule has 2 N–H and O–H groups in total. The van der Waals surface area contributed by atoms with Crippen molar-refractivity contribution < 1.29 is 14.7 Å². The zero-order chi connectivity index (χ0) is 20.8. The molecule has 0 bridgehead atoms. The van der Waals surface area contributed by atoms with Crippen LogP contribution < -0.4 is 10.2 Å². The number of aromatic carboxylic acids is 1. The zero-order valence-corrected chi connectivity index (χ0v) is 16.1. The summed E-state index contributed by atoms with van der Waals surface area (Å²) in [6.07, 6.45) is 1.59. The van der Waals surface area contributed by atoms with Gasteiger partial charge in [0.05, 0.1) is 5.56 Å². The number of carbonyl (C=O) groups excluding carboxylic acids is 1. The van der Waals surface area contributed by atoms with Crippen molar-refractivity contribution in [2.24, 2.45) is 0 Å². The fourth-order valence-corrected chi connectivity index (χ4v) is 3.15. The van der Waals surface area contributed by atoms with Crippen molar-refractivity contribution in [3.8, 4) is 6.07 Å². The molecule has 1 saturated heterocycles. The molecule has 3 rings (SSSR count). The SMILES string of the molecule is Cc1cccc(N2CCN(/C=C(/C#N)C(=O)Nc3ccc(C(=O)O)cc3)CC2)c1. The Labute approximate surface area is 169 Å². The molecule has 0 saturated carbocycles. The zero-order valence-electron chi connectivity index (χ0n) is 16.1. The van der Waals surface area contributed by atoms with Gasteiger partial charge in [0, 0.05) is 43.8 Å². The summed E-state index contributed by atoms with van der Waals surface area (Å²) in [6, 6.07) is 16.1. The summed E-state index contributed by atoms with van der Waals surface area (Å²) in [5, 5.41) is 20.9. The number of carboxylic acids is 1. The van der Waals surface area contributed by atoms with E-state index in [1.807, 2.05) is 17.0 Å². The van der Waals surface area contributed by atoms with Gasteiger partial charge in [-0.15, -0.1) is 0 Å². The summed E-state index contributed by atoms with van der Waals surface area (Å²) in [4.78, 5) is 27.6. The Morgan fingerprint density at radius 3 is 2.38 bits per heavy atom. The third kappa shape index (κ3) is 5.14. The molecular formula is C22H22N4O3. The number of hydrogen-bond acceptors (Lipinski definition) is 5. The Kier molecular flexibility index (Phi) is 6.15. The molecule has 1 aliphatic rings. The van der Waals surface area contributed by atoms with Gasteiger partial charge in [0.15, 0.2) is 0 Å². The van der Waals surface area contributed by atoms with Gasteiger partial charge < -0.3 is 20.2 Å². The third-order valence-electron chi connectivity index (χ3n) is 4.75. The Hall–Kier alpha value is -3.79. The Balaban J connectivity index is 1.60. The summed E-state index contributed by atoms with van der Waals surface area (Å²) in [5.41, 5.74) is 2.97. The molecule has 1 fully saturated rings. The van der Waals surface area contributed by atoms with Crippen LogP contribution >= 0.6 is 0 Å². The quantitative estimate of drug-likeness (QED) is 0.602. The summed E-state index contributed by atoms with van der Waals surface area (Å²) < 4.78 is 0. The van der Waals surface area contributed by atoms with Crippen LogP contribution in [0.3, 0.4) is 0 Å². The molecule has 0 aromatic heterocycles. The van der Waals surface area contributed by atoms with Crippen LogP contribution in [0.2, 0.25) is 0 Å². The number of nitrogens with one attached hydrogen (secondary N) is 1. The van der Waals surface area contributed by atoms with Crippen molar-refractivity contribution in [2.75, 3.05) is 36.4 Å². The highest BCUT2D eigenvalue weighted by Crippen LogP contribution is 2.18. The van der Waals surface area contributed by atoms with E-state index in [2.05, 4.69) is 35.3 Å². The number of anilines is 2. The van der Waals surface area contributed by atoms with Crippen LogP contribution in [0.4, 0.5) is 11.4 Å². The number of piperazine rings is 1. The predicted octanol–water partition coefficient (Wildman–Crippen LogP) is 2.86. The number of carbonyl (C=O) groups is 2. The van der Waals surface area contributed by atoms with Gasteiger partial charge in [-0.1, -0.05) is 12.1 Å². The van der Waals surface area contributed by atoms with E-state index in [1.54, 1.807) is 6.20 Å². The first kappa shape index (κ1) is 20.0. The average Bonchev–Trinajstić information content (AvgIpc) is 2.72. The van der Waals surface area contributed by atoms with Crippen molar-refractivity contribution in [3.05, 3.63) is 71.4 Å². The summed E-state index contributed by atoms with van der Waals surface area (Å²) in [6.45, 7) is 5.09. The van der Waals surface area contributed by atoms with Crippen molar-refractivity contribution >= 4 is 23.3 Å². The molecule has 0 radical (unpaired) electrons. The fraction of sp³-hybridized carbons (Fsp3) is 0.227. The summed E-state index contributed by atoms with van der Waals surface area (Å²) in [7, 11) is 0. The van der Waals surface area contributed by atoms with Crippen molar-refractivity contribution in [2.45, 2.75) is 6.92 Å². The van der Waals surface area contributed by atoms with Gasteiger partial charge in [-0.25, -0.2) is 4.79 Å². The number of benzene rings is 2. The van der Waals surface area contributed by atoms with E-state index in [-0.39, 0.29) is 11.1 Å². The lowest BCUT2D eigenvalue weighted by atomic mass is 10.2. The molecule has 0 spiro atoms. The number of nitriles is 1. The monoisotopic (exact) mass is 390 g/mol. The van der Waals surface area contributed by atoms with E-state index >= 15 is 0 Å². The molecule has 29 heavy (non-hydrogen) atoms.